The summed E-state index contributed by atoms with van der Waals surface area (Å²) in [5.74, 6) is 0. The molecule has 1 saturated carbocycles. The van der Waals surface area contributed by atoms with Gasteiger partial charge < -0.3 is 5.32 Å². The lowest BCUT2D eigenvalue weighted by Crippen LogP contribution is -2.21. The van der Waals surface area contributed by atoms with E-state index in [2.05, 4.69) is 21.2 Å². The van der Waals surface area contributed by atoms with Crippen LogP contribution in [-0.4, -0.2) is 26.1 Å². The van der Waals surface area contributed by atoms with Gasteiger partial charge in [0.05, 0.1) is 4.92 Å². The summed E-state index contributed by atoms with van der Waals surface area (Å²) < 4.78 is 24.7. The molecule has 0 aliphatic heterocycles. The Morgan fingerprint density at radius 1 is 1.20 bits per heavy atom. The fraction of sp³-hybridized carbons (Fsp3) is 0.294. The number of nitrogens with one attached hydrogen (secondary N) is 1. The summed E-state index contributed by atoms with van der Waals surface area (Å²) in [6.45, 7) is 0.504. The number of benzene rings is 2. The molecule has 0 bridgehead atoms. The highest BCUT2D eigenvalue weighted by Gasteiger charge is 2.45. The van der Waals surface area contributed by atoms with E-state index in [1.54, 1.807) is 6.07 Å². The molecule has 1 N–H and O–H groups in total. The number of halogens is 1. The number of hydrogen-bond donors (Lipinski definition) is 1. The molecule has 25 heavy (non-hydrogen) atoms. The number of para-hydroxylation sites is 1. The first-order valence-electron chi connectivity index (χ1n) is 7.71. The van der Waals surface area contributed by atoms with Crippen LogP contribution >= 0.6 is 15.9 Å². The maximum atomic E-state index is 11.9. The predicted molar refractivity (Wildman–Crippen MR) is 99.7 cm³/mol. The predicted octanol–water partition coefficient (Wildman–Crippen LogP) is 3.90. The van der Waals surface area contributed by atoms with Crippen LogP contribution in [0.4, 0.5) is 11.4 Å². The minimum absolute atomic E-state index is 0.0882. The number of nitrogens with zero attached hydrogens (tertiary/aromatic N) is 1. The smallest absolute Gasteiger partial charge is 0.310 e. The van der Waals surface area contributed by atoms with Gasteiger partial charge in [0.1, 0.15) is 10.6 Å². The molecule has 0 radical (unpaired) electrons. The third kappa shape index (κ3) is 3.55. The van der Waals surface area contributed by atoms with Gasteiger partial charge in [0, 0.05) is 22.7 Å². The van der Waals surface area contributed by atoms with Gasteiger partial charge in [-0.1, -0.05) is 40.2 Å². The van der Waals surface area contributed by atoms with Gasteiger partial charge in [-0.05, 0) is 36.6 Å². The number of nitro benzene ring substituents is 1. The van der Waals surface area contributed by atoms with Crippen LogP contribution in [0.1, 0.15) is 18.4 Å². The van der Waals surface area contributed by atoms with E-state index >= 15 is 0 Å². The summed E-state index contributed by atoms with van der Waals surface area (Å²) in [4.78, 5) is 10.5. The first-order chi connectivity index (χ1) is 11.7. The molecule has 0 aromatic heterocycles. The molecular weight excluding hydrogens is 408 g/mol. The van der Waals surface area contributed by atoms with Gasteiger partial charge in [0.15, 0.2) is 9.84 Å². The number of anilines is 1. The summed E-state index contributed by atoms with van der Waals surface area (Å²) in [6.07, 6.45) is 2.92. The van der Waals surface area contributed by atoms with Crippen molar-refractivity contribution in [1.29, 1.82) is 0 Å². The van der Waals surface area contributed by atoms with E-state index in [9.17, 15) is 18.5 Å². The molecule has 1 aliphatic rings. The van der Waals surface area contributed by atoms with Crippen LogP contribution in [0.15, 0.2) is 51.8 Å². The molecule has 0 saturated heterocycles. The van der Waals surface area contributed by atoms with Crippen LogP contribution in [0.2, 0.25) is 0 Å². The highest BCUT2D eigenvalue weighted by atomic mass is 79.9. The fourth-order valence-electron chi connectivity index (χ4n) is 3.00. The maximum Gasteiger partial charge on any atom is 0.310 e. The van der Waals surface area contributed by atoms with Crippen molar-refractivity contribution in [3.8, 4) is 0 Å². The van der Waals surface area contributed by atoms with Crippen molar-refractivity contribution in [2.24, 2.45) is 0 Å². The third-order valence-electron chi connectivity index (χ3n) is 4.50. The van der Waals surface area contributed by atoms with Crippen molar-refractivity contribution in [3.63, 3.8) is 0 Å². The first-order valence-corrected chi connectivity index (χ1v) is 10.4. The lowest BCUT2D eigenvalue weighted by Gasteiger charge is -2.19. The van der Waals surface area contributed by atoms with Crippen molar-refractivity contribution < 1.29 is 13.3 Å². The van der Waals surface area contributed by atoms with E-state index in [0.29, 0.717) is 6.54 Å². The Bertz CT molecular complexity index is 939. The third-order valence-corrected chi connectivity index (χ3v) is 6.32. The topological polar surface area (TPSA) is 89.3 Å². The second-order valence-corrected chi connectivity index (χ2v) is 9.13. The molecule has 0 amide bonds. The Labute approximate surface area is 154 Å². The first kappa shape index (κ1) is 17.9. The molecule has 1 aliphatic carbocycles. The fourth-order valence-corrected chi connectivity index (χ4v) is 4.57. The Kier molecular flexibility index (Phi) is 4.59. The molecule has 8 heteroatoms. The van der Waals surface area contributed by atoms with Crippen LogP contribution in [0.25, 0.3) is 0 Å². The van der Waals surface area contributed by atoms with Crippen molar-refractivity contribution in [3.05, 3.63) is 62.6 Å². The van der Waals surface area contributed by atoms with Gasteiger partial charge in [-0.25, -0.2) is 8.42 Å². The van der Waals surface area contributed by atoms with E-state index in [4.69, 9.17) is 0 Å². The Balaban J connectivity index is 1.92. The largest absolute Gasteiger partial charge is 0.379 e. The Morgan fingerprint density at radius 2 is 1.88 bits per heavy atom. The zero-order valence-electron chi connectivity index (χ0n) is 13.5. The molecule has 132 valence electrons. The molecule has 2 aromatic rings. The van der Waals surface area contributed by atoms with Gasteiger partial charge in [-0.2, -0.15) is 0 Å². The zero-order valence-corrected chi connectivity index (χ0v) is 15.9. The lowest BCUT2D eigenvalue weighted by atomic mass is 9.96. The summed E-state index contributed by atoms with van der Waals surface area (Å²) in [5.41, 5.74) is 0.901. The second kappa shape index (κ2) is 6.42. The lowest BCUT2D eigenvalue weighted by molar-refractivity contribution is -0.386. The molecular formula is C17H17BrN2O4S. The quantitative estimate of drug-likeness (QED) is 0.560. The van der Waals surface area contributed by atoms with E-state index < -0.39 is 20.4 Å². The molecule has 3 rings (SSSR count). The highest BCUT2D eigenvalue weighted by molar-refractivity contribution is 9.10. The van der Waals surface area contributed by atoms with Crippen molar-refractivity contribution in [2.45, 2.75) is 23.2 Å². The molecule has 0 heterocycles. The highest BCUT2D eigenvalue weighted by Crippen LogP contribution is 2.50. The number of nitro groups is 1. The van der Waals surface area contributed by atoms with Gasteiger partial charge in [-0.3, -0.25) is 10.1 Å². The van der Waals surface area contributed by atoms with E-state index in [1.807, 2.05) is 24.3 Å². The molecule has 1 fully saturated rings. The molecule has 2 aromatic carbocycles. The minimum atomic E-state index is -3.69. The van der Waals surface area contributed by atoms with Crippen LogP contribution in [0, 0.1) is 10.1 Å². The molecule has 0 spiro atoms. The minimum Gasteiger partial charge on any atom is -0.379 e. The van der Waals surface area contributed by atoms with Gasteiger partial charge in [-0.15, -0.1) is 0 Å². The average Bonchev–Trinajstić information content (AvgIpc) is 3.33. The van der Waals surface area contributed by atoms with Crippen molar-refractivity contribution in [2.75, 3.05) is 18.1 Å². The van der Waals surface area contributed by atoms with Crippen LogP contribution < -0.4 is 5.32 Å². The number of rotatable bonds is 6. The standard InChI is InChI=1S/C17H17BrN2O4S/c1-25(23,24)15-8-4-7-14(16(15)20(21)22)19-11-17(9-10-17)12-5-2-3-6-13(12)18/h2-8,19H,9-11H2,1H3. The average molecular weight is 425 g/mol. The summed E-state index contributed by atoms with van der Waals surface area (Å²) >= 11 is 3.56. The van der Waals surface area contributed by atoms with Crippen molar-refractivity contribution in [1.82, 2.24) is 0 Å². The summed E-state index contributed by atoms with van der Waals surface area (Å²) in [5, 5.41) is 14.6. The van der Waals surface area contributed by atoms with Crippen LogP contribution in [0.3, 0.4) is 0 Å². The maximum absolute atomic E-state index is 11.9. The summed E-state index contributed by atoms with van der Waals surface area (Å²) in [6, 6.07) is 12.2. The van der Waals surface area contributed by atoms with Gasteiger partial charge in [0.25, 0.3) is 0 Å². The van der Waals surface area contributed by atoms with Crippen LogP contribution in [0.5, 0.6) is 0 Å². The normalized spacial score (nSPS) is 15.6. The monoisotopic (exact) mass is 424 g/mol. The van der Waals surface area contributed by atoms with Gasteiger partial charge >= 0.3 is 5.69 Å². The molecule has 0 unspecified atom stereocenters. The number of hydrogen-bond acceptors (Lipinski definition) is 5. The van der Waals surface area contributed by atoms with Gasteiger partial charge in [0.2, 0.25) is 0 Å². The summed E-state index contributed by atoms with van der Waals surface area (Å²) in [7, 11) is -3.69. The number of sulfone groups is 1. The Morgan fingerprint density at radius 3 is 2.44 bits per heavy atom. The SMILES string of the molecule is CS(=O)(=O)c1cccc(NCC2(c3ccccc3Br)CC2)c1[N+](=O)[O-]. The van der Waals surface area contributed by atoms with Crippen molar-refractivity contribution >= 4 is 37.1 Å². The molecule has 6 nitrogen and oxygen atoms in total. The van der Waals surface area contributed by atoms with E-state index in [1.165, 1.54) is 12.1 Å². The zero-order chi connectivity index (χ0) is 18.2. The van der Waals surface area contributed by atoms with E-state index in [-0.39, 0.29) is 16.0 Å². The molecule has 0 atom stereocenters. The Hall–Kier alpha value is -1.93. The van der Waals surface area contributed by atoms with E-state index in [0.717, 1.165) is 29.1 Å². The van der Waals surface area contributed by atoms with Crippen LogP contribution in [-0.2, 0) is 15.3 Å². The second-order valence-electron chi connectivity index (χ2n) is 6.30.